The summed E-state index contributed by atoms with van der Waals surface area (Å²) in [6.07, 6.45) is 3.37. The van der Waals surface area contributed by atoms with Crippen molar-refractivity contribution < 1.29 is 14.4 Å². The number of urea groups is 1. The average molecular weight is 491 g/mol. The second-order valence-corrected chi connectivity index (χ2v) is 9.70. The summed E-state index contributed by atoms with van der Waals surface area (Å²) in [5, 5.41) is 8.16. The molecule has 4 amide bonds. The van der Waals surface area contributed by atoms with Crippen LogP contribution in [0.5, 0.6) is 0 Å². The minimum atomic E-state index is -1.25. The molecule has 8 heteroatoms. The highest BCUT2D eigenvalue weighted by Crippen LogP contribution is 2.33. The van der Waals surface area contributed by atoms with Crippen LogP contribution < -0.4 is 15.5 Å². The fourth-order valence-corrected chi connectivity index (χ4v) is 5.06. The molecule has 2 N–H and O–H groups in total. The van der Waals surface area contributed by atoms with Crippen molar-refractivity contribution >= 4 is 51.6 Å². The summed E-state index contributed by atoms with van der Waals surface area (Å²) in [6, 6.07) is 18.3. The molecule has 0 bridgehead atoms. The van der Waals surface area contributed by atoms with Gasteiger partial charge in [-0.2, -0.15) is 0 Å². The first-order valence-corrected chi connectivity index (χ1v) is 12.2. The molecule has 35 heavy (non-hydrogen) atoms. The van der Waals surface area contributed by atoms with Crippen LogP contribution in [0, 0.1) is 0 Å². The molecule has 5 rings (SSSR count). The smallest absolute Gasteiger partial charge is 0.325 e. The molecule has 0 spiro atoms. The van der Waals surface area contributed by atoms with Gasteiger partial charge in [0.2, 0.25) is 5.91 Å². The van der Waals surface area contributed by atoms with E-state index in [1.165, 1.54) is 6.42 Å². The molecule has 7 nitrogen and oxygen atoms in total. The molecule has 2 aliphatic rings. The van der Waals surface area contributed by atoms with Gasteiger partial charge in [0.15, 0.2) is 0 Å². The van der Waals surface area contributed by atoms with E-state index in [2.05, 4.69) is 15.5 Å². The number of carbonyl (C=O) groups excluding carboxylic acids is 3. The van der Waals surface area contributed by atoms with Crippen LogP contribution >= 0.6 is 11.6 Å². The van der Waals surface area contributed by atoms with Crippen molar-refractivity contribution in [3.63, 3.8) is 0 Å². The number of imide groups is 1. The Kier molecular flexibility index (Phi) is 6.11. The molecule has 2 aliphatic heterocycles. The van der Waals surface area contributed by atoms with Gasteiger partial charge in [-0.05, 0) is 66.8 Å². The number of hydrogen-bond donors (Lipinski definition) is 2. The summed E-state index contributed by atoms with van der Waals surface area (Å²) in [5.74, 6) is -0.924. The van der Waals surface area contributed by atoms with Gasteiger partial charge in [0.1, 0.15) is 12.1 Å². The van der Waals surface area contributed by atoms with Crippen LogP contribution in [0.4, 0.5) is 16.2 Å². The van der Waals surface area contributed by atoms with Crippen molar-refractivity contribution in [2.75, 3.05) is 29.9 Å². The molecular formula is C27H27ClN4O3. The number of nitrogens with one attached hydrogen (secondary N) is 2. The van der Waals surface area contributed by atoms with Gasteiger partial charge in [0, 0.05) is 18.1 Å². The summed E-state index contributed by atoms with van der Waals surface area (Å²) < 4.78 is 0. The quantitative estimate of drug-likeness (QED) is 0.499. The Morgan fingerprint density at radius 1 is 1.00 bits per heavy atom. The maximum absolute atomic E-state index is 13.4. The minimum Gasteiger partial charge on any atom is -0.370 e. The first kappa shape index (κ1) is 23.2. The third-order valence-corrected chi connectivity index (χ3v) is 7.07. The summed E-state index contributed by atoms with van der Waals surface area (Å²) in [7, 11) is 0. The number of piperidine rings is 1. The molecule has 2 heterocycles. The Morgan fingerprint density at radius 2 is 1.74 bits per heavy atom. The topological polar surface area (TPSA) is 81.8 Å². The van der Waals surface area contributed by atoms with Gasteiger partial charge >= 0.3 is 6.03 Å². The standard InChI is InChI=1S/C27H27ClN4O3/c1-27(20-10-9-18-7-3-4-8-19(18)15-20)25(34)32(26(35)30-27)17-24(33)29-22-16-21(28)11-12-23(22)31-13-5-2-6-14-31/h3-4,7-12,15-16H,2,5-6,13-14,17H2,1H3,(H,29,33)(H,30,35). The Hall–Kier alpha value is -3.58. The summed E-state index contributed by atoms with van der Waals surface area (Å²) in [5.41, 5.74) is 0.880. The van der Waals surface area contributed by atoms with Crippen LogP contribution in [0.1, 0.15) is 31.7 Å². The summed E-state index contributed by atoms with van der Waals surface area (Å²) >= 11 is 6.20. The highest BCUT2D eigenvalue weighted by atomic mass is 35.5. The molecule has 0 radical (unpaired) electrons. The number of carbonyl (C=O) groups is 3. The number of nitrogens with zero attached hydrogens (tertiary/aromatic N) is 2. The number of rotatable bonds is 5. The zero-order chi connectivity index (χ0) is 24.6. The van der Waals surface area contributed by atoms with Gasteiger partial charge in [0.25, 0.3) is 5.91 Å². The minimum absolute atomic E-state index is 0.389. The fourth-order valence-electron chi connectivity index (χ4n) is 4.89. The van der Waals surface area contributed by atoms with Gasteiger partial charge in [-0.1, -0.05) is 48.0 Å². The van der Waals surface area contributed by atoms with Crippen molar-refractivity contribution in [3.8, 4) is 0 Å². The highest BCUT2D eigenvalue weighted by molar-refractivity contribution is 6.31. The number of benzene rings is 3. The van der Waals surface area contributed by atoms with Crippen LogP contribution in [0.2, 0.25) is 5.02 Å². The van der Waals surface area contributed by atoms with Gasteiger partial charge in [-0.15, -0.1) is 0 Å². The van der Waals surface area contributed by atoms with E-state index in [4.69, 9.17) is 11.6 Å². The van der Waals surface area contributed by atoms with E-state index in [0.29, 0.717) is 16.3 Å². The van der Waals surface area contributed by atoms with Gasteiger partial charge in [0.05, 0.1) is 11.4 Å². The highest BCUT2D eigenvalue weighted by Gasteiger charge is 2.49. The van der Waals surface area contributed by atoms with Gasteiger partial charge in [-0.3, -0.25) is 14.5 Å². The average Bonchev–Trinajstić information content (AvgIpc) is 3.08. The third kappa shape index (κ3) is 4.44. The van der Waals surface area contributed by atoms with Gasteiger partial charge < -0.3 is 15.5 Å². The predicted octanol–water partition coefficient (Wildman–Crippen LogP) is 4.89. The zero-order valence-corrected chi connectivity index (χ0v) is 20.3. The SMILES string of the molecule is CC1(c2ccc3ccccc3c2)NC(=O)N(CC(=O)Nc2cc(Cl)ccc2N2CCCCC2)C1=O. The lowest BCUT2D eigenvalue weighted by atomic mass is 9.90. The lowest BCUT2D eigenvalue weighted by Crippen LogP contribution is -2.42. The maximum atomic E-state index is 13.4. The zero-order valence-electron chi connectivity index (χ0n) is 19.5. The van der Waals surface area contributed by atoms with E-state index in [1.54, 1.807) is 19.1 Å². The molecule has 3 aromatic carbocycles. The number of anilines is 2. The maximum Gasteiger partial charge on any atom is 0.325 e. The first-order valence-electron chi connectivity index (χ1n) is 11.8. The Bertz CT molecular complexity index is 1320. The molecule has 0 saturated carbocycles. The largest absolute Gasteiger partial charge is 0.370 e. The second kappa shape index (κ2) is 9.23. The molecule has 3 aromatic rings. The van der Waals surface area contributed by atoms with E-state index in [0.717, 1.165) is 47.3 Å². The van der Waals surface area contributed by atoms with Crippen molar-refractivity contribution in [1.29, 1.82) is 0 Å². The van der Waals surface area contributed by atoms with E-state index in [1.807, 2.05) is 48.5 Å². The molecule has 1 atom stereocenters. The number of hydrogen-bond acceptors (Lipinski definition) is 4. The summed E-state index contributed by atoms with van der Waals surface area (Å²) in [6.45, 7) is 3.09. The van der Waals surface area contributed by atoms with Crippen molar-refractivity contribution in [2.24, 2.45) is 0 Å². The van der Waals surface area contributed by atoms with Crippen LogP contribution in [0.25, 0.3) is 10.8 Å². The predicted molar refractivity (Wildman–Crippen MR) is 138 cm³/mol. The monoisotopic (exact) mass is 490 g/mol. The molecule has 2 saturated heterocycles. The molecule has 2 fully saturated rings. The Labute approximate surface area is 209 Å². The molecule has 0 aromatic heterocycles. The molecule has 1 unspecified atom stereocenters. The van der Waals surface area contributed by atoms with Crippen LogP contribution in [0.15, 0.2) is 60.7 Å². The molecule has 180 valence electrons. The lowest BCUT2D eigenvalue weighted by molar-refractivity contribution is -0.133. The Balaban J connectivity index is 1.34. The number of amides is 4. The number of halogens is 1. The van der Waals surface area contributed by atoms with E-state index >= 15 is 0 Å². The van der Waals surface area contributed by atoms with E-state index in [-0.39, 0.29) is 6.54 Å². The van der Waals surface area contributed by atoms with Crippen LogP contribution in [-0.4, -0.2) is 42.4 Å². The van der Waals surface area contributed by atoms with Crippen LogP contribution in [-0.2, 0) is 15.1 Å². The lowest BCUT2D eigenvalue weighted by Gasteiger charge is -2.30. The Morgan fingerprint density at radius 3 is 2.51 bits per heavy atom. The van der Waals surface area contributed by atoms with Crippen molar-refractivity contribution in [1.82, 2.24) is 10.2 Å². The molecule has 0 aliphatic carbocycles. The fraction of sp³-hybridized carbons (Fsp3) is 0.296. The van der Waals surface area contributed by atoms with E-state index in [9.17, 15) is 14.4 Å². The number of fused-ring (bicyclic) bond motifs is 1. The van der Waals surface area contributed by atoms with Crippen molar-refractivity contribution in [2.45, 2.75) is 31.7 Å². The summed E-state index contributed by atoms with van der Waals surface area (Å²) in [4.78, 5) is 42.3. The van der Waals surface area contributed by atoms with Gasteiger partial charge in [-0.25, -0.2) is 4.79 Å². The second-order valence-electron chi connectivity index (χ2n) is 9.27. The third-order valence-electron chi connectivity index (χ3n) is 6.83. The van der Waals surface area contributed by atoms with Crippen molar-refractivity contribution in [3.05, 3.63) is 71.2 Å². The normalized spacial score (nSPS) is 20.3. The first-order chi connectivity index (χ1) is 16.8. The molecular weight excluding hydrogens is 464 g/mol. The van der Waals surface area contributed by atoms with Crippen LogP contribution in [0.3, 0.4) is 0 Å². The van der Waals surface area contributed by atoms with E-state index < -0.39 is 23.4 Å².